The summed E-state index contributed by atoms with van der Waals surface area (Å²) < 4.78 is 13.1. The molecule has 3 nitrogen and oxygen atoms in total. The van der Waals surface area contributed by atoms with Gasteiger partial charge >= 0.3 is 0 Å². The average molecular weight is 259 g/mol. The van der Waals surface area contributed by atoms with E-state index in [1.54, 1.807) is 36.2 Å². The molecule has 1 N–H and O–H groups in total. The second kappa shape index (κ2) is 5.52. The molecule has 0 saturated heterocycles. The van der Waals surface area contributed by atoms with Crippen LogP contribution in [-0.4, -0.2) is 24.5 Å². The second-order valence-corrected chi connectivity index (χ2v) is 4.31. The number of Topliss-reactive ketones (excluding diaryl/α,β-unsaturated/α-hetero) is 1. The number of aromatic hydroxyl groups is 1. The van der Waals surface area contributed by atoms with Crippen LogP contribution >= 0.6 is 0 Å². The zero-order valence-corrected chi connectivity index (χ0v) is 10.5. The Hall–Kier alpha value is -2.36. The summed E-state index contributed by atoms with van der Waals surface area (Å²) in [6.45, 7) is 0.147. The van der Waals surface area contributed by atoms with E-state index in [4.69, 9.17) is 5.11 Å². The van der Waals surface area contributed by atoms with Gasteiger partial charge in [0.05, 0.1) is 6.54 Å². The van der Waals surface area contributed by atoms with Crippen LogP contribution in [0.4, 0.5) is 10.1 Å². The zero-order chi connectivity index (χ0) is 13.8. The smallest absolute Gasteiger partial charge is 0.182 e. The number of likely N-dealkylation sites (N-methyl/N-ethyl adjacent to an activating group) is 1. The largest absolute Gasteiger partial charge is 0.508 e. The van der Waals surface area contributed by atoms with Crippen molar-refractivity contribution in [2.45, 2.75) is 0 Å². The van der Waals surface area contributed by atoms with Crippen molar-refractivity contribution < 1.29 is 14.3 Å². The molecule has 0 unspecified atom stereocenters. The van der Waals surface area contributed by atoms with E-state index in [2.05, 4.69) is 0 Å². The number of carbonyl (C=O) groups is 1. The molecule has 0 aliphatic carbocycles. The maximum absolute atomic E-state index is 13.1. The third-order valence-electron chi connectivity index (χ3n) is 2.82. The Morgan fingerprint density at radius 1 is 1.21 bits per heavy atom. The minimum atomic E-state index is -0.332. The van der Waals surface area contributed by atoms with Gasteiger partial charge in [-0.3, -0.25) is 4.79 Å². The number of anilines is 1. The van der Waals surface area contributed by atoms with Gasteiger partial charge in [0.25, 0.3) is 0 Å². The van der Waals surface area contributed by atoms with Gasteiger partial charge < -0.3 is 10.0 Å². The number of ketones is 1. The first-order valence-corrected chi connectivity index (χ1v) is 5.85. The molecule has 0 saturated carbocycles. The lowest BCUT2D eigenvalue weighted by Gasteiger charge is -2.18. The first kappa shape index (κ1) is 13.1. The summed E-state index contributed by atoms with van der Waals surface area (Å²) in [6, 6.07) is 12.2. The van der Waals surface area contributed by atoms with E-state index in [0.717, 1.165) is 0 Å². The topological polar surface area (TPSA) is 40.5 Å². The molecule has 0 amide bonds. The van der Waals surface area contributed by atoms with Gasteiger partial charge in [0, 0.05) is 18.3 Å². The van der Waals surface area contributed by atoms with Gasteiger partial charge in [-0.25, -0.2) is 4.39 Å². The van der Waals surface area contributed by atoms with Gasteiger partial charge in [0.1, 0.15) is 11.6 Å². The third kappa shape index (κ3) is 3.31. The van der Waals surface area contributed by atoms with E-state index in [1.807, 2.05) is 0 Å². The van der Waals surface area contributed by atoms with E-state index in [0.29, 0.717) is 11.3 Å². The van der Waals surface area contributed by atoms with E-state index < -0.39 is 0 Å². The van der Waals surface area contributed by atoms with Crippen LogP contribution < -0.4 is 4.90 Å². The highest BCUT2D eigenvalue weighted by Crippen LogP contribution is 2.15. The number of phenols is 1. The fourth-order valence-corrected chi connectivity index (χ4v) is 1.76. The van der Waals surface area contributed by atoms with Crippen molar-refractivity contribution in [2.24, 2.45) is 0 Å². The van der Waals surface area contributed by atoms with Crippen molar-refractivity contribution in [3.63, 3.8) is 0 Å². The maximum Gasteiger partial charge on any atom is 0.182 e. The van der Waals surface area contributed by atoms with Crippen LogP contribution in [0, 0.1) is 5.82 Å². The van der Waals surface area contributed by atoms with Crippen molar-refractivity contribution in [1.82, 2.24) is 0 Å². The molecule has 19 heavy (non-hydrogen) atoms. The number of hydrogen-bond acceptors (Lipinski definition) is 3. The summed E-state index contributed by atoms with van der Waals surface area (Å²) in [5.41, 5.74) is 1.16. The third-order valence-corrected chi connectivity index (χ3v) is 2.82. The molecule has 0 aliphatic heterocycles. The molecule has 0 radical (unpaired) electrons. The van der Waals surface area contributed by atoms with E-state index >= 15 is 0 Å². The van der Waals surface area contributed by atoms with E-state index in [-0.39, 0.29) is 23.9 Å². The van der Waals surface area contributed by atoms with Gasteiger partial charge in [-0.05, 0) is 42.5 Å². The Bertz CT molecular complexity index is 581. The average Bonchev–Trinajstić information content (AvgIpc) is 2.39. The Morgan fingerprint density at radius 3 is 2.53 bits per heavy atom. The number of phenolic OH excluding ortho intramolecular Hbond substituents is 1. The van der Waals surface area contributed by atoms with Crippen LogP contribution in [-0.2, 0) is 0 Å². The zero-order valence-electron chi connectivity index (χ0n) is 10.5. The minimum absolute atomic E-state index is 0.0910. The predicted molar refractivity (Wildman–Crippen MR) is 72.1 cm³/mol. The fraction of sp³-hybridized carbons (Fsp3) is 0.133. The molecule has 0 aliphatic rings. The number of halogens is 1. The Labute approximate surface area is 110 Å². The lowest BCUT2D eigenvalue weighted by molar-refractivity contribution is 0.100. The highest BCUT2D eigenvalue weighted by molar-refractivity contribution is 5.99. The fourth-order valence-electron chi connectivity index (χ4n) is 1.76. The van der Waals surface area contributed by atoms with Crippen molar-refractivity contribution in [1.29, 1.82) is 0 Å². The van der Waals surface area contributed by atoms with Crippen molar-refractivity contribution in [3.05, 3.63) is 59.9 Å². The van der Waals surface area contributed by atoms with Gasteiger partial charge in [-0.1, -0.05) is 6.07 Å². The van der Waals surface area contributed by atoms with E-state index in [9.17, 15) is 9.18 Å². The highest BCUT2D eigenvalue weighted by Gasteiger charge is 2.10. The molecule has 0 spiro atoms. The summed E-state index contributed by atoms with van der Waals surface area (Å²) in [6.07, 6.45) is 0. The summed E-state index contributed by atoms with van der Waals surface area (Å²) in [5.74, 6) is -0.303. The predicted octanol–water partition coefficient (Wildman–Crippen LogP) is 2.85. The van der Waals surface area contributed by atoms with Crippen molar-refractivity contribution in [3.8, 4) is 5.75 Å². The molecule has 0 atom stereocenters. The molecule has 2 aromatic carbocycles. The molecule has 2 rings (SSSR count). The van der Waals surface area contributed by atoms with Crippen LogP contribution in [0.1, 0.15) is 10.4 Å². The number of benzene rings is 2. The number of carbonyl (C=O) groups excluding carboxylic acids is 1. The van der Waals surface area contributed by atoms with E-state index in [1.165, 1.54) is 24.3 Å². The monoisotopic (exact) mass is 259 g/mol. The Balaban J connectivity index is 2.08. The molecule has 98 valence electrons. The normalized spacial score (nSPS) is 10.2. The molecule has 0 bridgehead atoms. The summed E-state index contributed by atoms with van der Waals surface area (Å²) >= 11 is 0. The van der Waals surface area contributed by atoms with Crippen LogP contribution in [0.15, 0.2) is 48.5 Å². The lowest BCUT2D eigenvalue weighted by Crippen LogP contribution is -2.25. The van der Waals surface area contributed by atoms with Gasteiger partial charge in [0.2, 0.25) is 0 Å². The second-order valence-electron chi connectivity index (χ2n) is 4.31. The molecule has 4 heteroatoms. The Kier molecular flexibility index (Phi) is 3.80. The molecular weight excluding hydrogens is 245 g/mol. The van der Waals surface area contributed by atoms with Gasteiger partial charge in [-0.2, -0.15) is 0 Å². The Morgan fingerprint density at radius 2 is 1.89 bits per heavy atom. The lowest BCUT2D eigenvalue weighted by atomic mass is 10.1. The quantitative estimate of drug-likeness (QED) is 0.858. The highest BCUT2D eigenvalue weighted by atomic mass is 19.1. The number of hydrogen-bond donors (Lipinski definition) is 1. The molecule has 0 heterocycles. The van der Waals surface area contributed by atoms with Crippen LogP contribution in [0.25, 0.3) is 0 Å². The first-order chi connectivity index (χ1) is 9.06. The summed E-state index contributed by atoms with van der Waals surface area (Å²) in [4.78, 5) is 13.7. The standard InChI is InChI=1S/C15H14FNO2/c1-17(13-4-2-3-12(16)9-13)10-15(19)11-5-7-14(18)8-6-11/h2-9,18H,10H2,1H3. The van der Waals surface area contributed by atoms with Gasteiger partial charge in [-0.15, -0.1) is 0 Å². The van der Waals surface area contributed by atoms with Crippen LogP contribution in [0.5, 0.6) is 5.75 Å². The molecule has 2 aromatic rings. The van der Waals surface area contributed by atoms with Crippen molar-refractivity contribution in [2.75, 3.05) is 18.5 Å². The first-order valence-electron chi connectivity index (χ1n) is 5.85. The van der Waals surface area contributed by atoms with Gasteiger partial charge in [0.15, 0.2) is 5.78 Å². The molecule has 0 aromatic heterocycles. The maximum atomic E-state index is 13.1. The minimum Gasteiger partial charge on any atom is -0.508 e. The summed E-state index contributed by atoms with van der Waals surface area (Å²) in [7, 11) is 1.73. The SMILES string of the molecule is CN(CC(=O)c1ccc(O)cc1)c1cccc(F)c1. The number of rotatable bonds is 4. The summed E-state index contributed by atoms with van der Waals surface area (Å²) in [5, 5.41) is 9.17. The van der Waals surface area contributed by atoms with Crippen LogP contribution in [0.3, 0.4) is 0 Å². The molecule has 0 fully saturated rings. The van der Waals surface area contributed by atoms with Crippen molar-refractivity contribution >= 4 is 11.5 Å². The van der Waals surface area contributed by atoms with Crippen LogP contribution in [0.2, 0.25) is 0 Å². The number of nitrogens with zero attached hydrogens (tertiary/aromatic N) is 1. The molecular formula is C15H14FNO2.